The van der Waals surface area contributed by atoms with Gasteiger partial charge in [-0.1, -0.05) is 0 Å². The van der Waals surface area contributed by atoms with Crippen LogP contribution in [0.15, 0.2) is 23.1 Å². The molecule has 90 valence electrons. The lowest BCUT2D eigenvalue weighted by Crippen LogP contribution is -2.19. The van der Waals surface area contributed by atoms with Gasteiger partial charge in [-0.15, -0.1) is 11.8 Å². The summed E-state index contributed by atoms with van der Waals surface area (Å²) in [5.41, 5.74) is 1.45. The van der Waals surface area contributed by atoms with Crippen LogP contribution in [0.25, 0.3) is 0 Å². The molecule has 0 radical (unpaired) electrons. The summed E-state index contributed by atoms with van der Waals surface area (Å²) in [5.74, 6) is 0.873. The first-order valence-electron chi connectivity index (χ1n) is 5.16. The van der Waals surface area contributed by atoms with Crippen molar-refractivity contribution in [2.24, 2.45) is 0 Å². The van der Waals surface area contributed by atoms with Crippen LogP contribution < -0.4 is 10.6 Å². The number of thiol groups is 1. The molecule has 1 aromatic carbocycles. The summed E-state index contributed by atoms with van der Waals surface area (Å²) in [5, 5.41) is 5.54. The lowest BCUT2D eigenvalue weighted by molar-refractivity contribution is -0.116. The van der Waals surface area contributed by atoms with Crippen molar-refractivity contribution in [2.75, 3.05) is 22.1 Å². The Balaban J connectivity index is 2.13. The van der Waals surface area contributed by atoms with E-state index in [2.05, 4.69) is 23.3 Å². The van der Waals surface area contributed by atoms with E-state index in [1.54, 1.807) is 6.07 Å². The van der Waals surface area contributed by atoms with Gasteiger partial charge in [0.05, 0.1) is 11.4 Å². The van der Waals surface area contributed by atoms with Gasteiger partial charge in [0, 0.05) is 17.0 Å². The summed E-state index contributed by atoms with van der Waals surface area (Å²) >= 11 is 5.49. The molecule has 0 spiro atoms. The average molecular weight is 268 g/mol. The Bertz CT molecular complexity index is 463. The SMILES string of the molecule is O=C(CCS)Nc1ccc2c(c1)NC(=O)CS2. The molecular formula is C11H12N2O2S2. The fraction of sp³-hybridized carbons (Fsp3) is 0.273. The smallest absolute Gasteiger partial charge is 0.234 e. The zero-order valence-electron chi connectivity index (χ0n) is 9.03. The van der Waals surface area contributed by atoms with Crippen molar-refractivity contribution in [1.82, 2.24) is 0 Å². The number of benzene rings is 1. The number of hydrogen-bond acceptors (Lipinski definition) is 4. The van der Waals surface area contributed by atoms with Crippen molar-refractivity contribution in [3.05, 3.63) is 18.2 Å². The largest absolute Gasteiger partial charge is 0.326 e. The molecule has 0 aliphatic carbocycles. The second-order valence-corrected chi connectivity index (χ2v) is 5.03. The molecule has 0 fully saturated rings. The van der Waals surface area contributed by atoms with E-state index in [4.69, 9.17) is 0 Å². The van der Waals surface area contributed by atoms with E-state index >= 15 is 0 Å². The molecule has 17 heavy (non-hydrogen) atoms. The first-order chi connectivity index (χ1) is 8.19. The van der Waals surface area contributed by atoms with Gasteiger partial charge in [0.25, 0.3) is 0 Å². The van der Waals surface area contributed by atoms with Crippen LogP contribution in [0, 0.1) is 0 Å². The van der Waals surface area contributed by atoms with Crippen molar-refractivity contribution in [3.63, 3.8) is 0 Å². The maximum atomic E-state index is 11.4. The van der Waals surface area contributed by atoms with E-state index in [1.165, 1.54) is 11.8 Å². The molecule has 1 aliphatic rings. The summed E-state index contributed by atoms with van der Waals surface area (Å²) in [4.78, 5) is 23.6. The minimum Gasteiger partial charge on any atom is -0.326 e. The van der Waals surface area contributed by atoms with Gasteiger partial charge in [0.2, 0.25) is 11.8 Å². The van der Waals surface area contributed by atoms with Crippen molar-refractivity contribution in [1.29, 1.82) is 0 Å². The van der Waals surface area contributed by atoms with Gasteiger partial charge in [0.1, 0.15) is 0 Å². The fourth-order valence-electron chi connectivity index (χ4n) is 1.49. The molecule has 2 amide bonds. The second-order valence-electron chi connectivity index (χ2n) is 3.57. The lowest BCUT2D eigenvalue weighted by atomic mass is 10.2. The zero-order valence-corrected chi connectivity index (χ0v) is 10.7. The zero-order chi connectivity index (χ0) is 12.3. The fourth-order valence-corrected chi connectivity index (χ4v) is 2.48. The van der Waals surface area contributed by atoms with Crippen LogP contribution in [0.4, 0.5) is 11.4 Å². The minimum atomic E-state index is -0.0743. The number of rotatable bonds is 3. The number of carbonyl (C=O) groups is 2. The molecule has 2 N–H and O–H groups in total. The van der Waals surface area contributed by atoms with Gasteiger partial charge >= 0.3 is 0 Å². The summed E-state index contributed by atoms with van der Waals surface area (Å²) in [6.07, 6.45) is 0.376. The third kappa shape index (κ3) is 3.17. The van der Waals surface area contributed by atoms with Gasteiger partial charge in [-0.05, 0) is 24.0 Å². The minimum absolute atomic E-state index is 0.0127. The first kappa shape index (κ1) is 12.3. The van der Waals surface area contributed by atoms with Crippen molar-refractivity contribution in [3.8, 4) is 0 Å². The molecule has 0 saturated carbocycles. The van der Waals surface area contributed by atoms with E-state index in [9.17, 15) is 9.59 Å². The number of thioether (sulfide) groups is 1. The maximum absolute atomic E-state index is 11.4. The number of carbonyl (C=O) groups excluding carboxylic acids is 2. The van der Waals surface area contributed by atoms with Gasteiger partial charge in [0.15, 0.2) is 0 Å². The number of nitrogens with one attached hydrogen (secondary N) is 2. The Morgan fingerprint density at radius 2 is 2.35 bits per heavy atom. The first-order valence-corrected chi connectivity index (χ1v) is 6.78. The molecule has 0 aromatic heterocycles. The molecule has 1 heterocycles. The molecule has 2 rings (SSSR count). The van der Waals surface area contributed by atoms with Gasteiger partial charge < -0.3 is 10.6 Å². The van der Waals surface area contributed by atoms with E-state index in [0.29, 0.717) is 23.6 Å². The summed E-state index contributed by atoms with van der Waals surface area (Å²) in [7, 11) is 0. The molecular weight excluding hydrogens is 256 g/mol. The Morgan fingerprint density at radius 3 is 3.12 bits per heavy atom. The molecule has 1 aromatic rings. The van der Waals surface area contributed by atoms with Crippen LogP contribution in [0.2, 0.25) is 0 Å². The van der Waals surface area contributed by atoms with E-state index in [0.717, 1.165) is 10.6 Å². The summed E-state index contributed by atoms with van der Waals surface area (Å²) in [6, 6.07) is 5.51. The van der Waals surface area contributed by atoms with Crippen LogP contribution in [0.5, 0.6) is 0 Å². The third-order valence-corrected chi connectivity index (χ3v) is 3.53. The molecule has 4 nitrogen and oxygen atoms in total. The van der Waals surface area contributed by atoms with Crippen LogP contribution in [0.1, 0.15) is 6.42 Å². The molecule has 0 unspecified atom stereocenters. The van der Waals surface area contributed by atoms with Crippen LogP contribution in [-0.4, -0.2) is 23.3 Å². The number of anilines is 2. The molecule has 0 atom stereocenters. The monoisotopic (exact) mass is 268 g/mol. The van der Waals surface area contributed by atoms with E-state index in [1.807, 2.05) is 12.1 Å². The van der Waals surface area contributed by atoms with Gasteiger partial charge in [-0.25, -0.2) is 0 Å². The Hall–Kier alpha value is -1.14. The normalized spacial score (nSPS) is 13.8. The summed E-state index contributed by atoms with van der Waals surface area (Å²) in [6.45, 7) is 0. The highest BCUT2D eigenvalue weighted by molar-refractivity contribution is 8.00. The number of fused-ring (bicyclic) bond motifs is 1. The Kier molecular flexibility index (Phi) is 3.96. The topological polar surface area (TPSA) is 58.2 Å². The highest BCUT2D eigenvalue weighted by Gasteiger charge is 2.15. The Morgan fingerprint density at radius 1 is 1.53 bits per heavy atom. The highest BCUT2D eigenvalue weighted by Crippen LogP contribution is 2.33. The van der Waals surface area contributed by atoms with Crippen LogP contribution >= 0.6 is 24.4 Å². The van der Waals surface area contributed by atoms with Crippen molar-refractivity contribution >= 4 is 47.6 Å². The van der Waals surface area contributed by atoms with E-state index < -0.39 is 0 Å². The quantitative estimate of drug-likeness (QED) is 0.735. The van der Waals surface area contributed by atoms with Crippen molar-refractivity contribution < 1.29 is 9.59 Å². The molecule has 1 aliphatic heterocycles. The molecule has 0 bridgehead atoms. The standard InChI is InChI=1S/C11H12N2O2S2/c14-10(3-4-16)12-7-1-2-9-8(5-7)13-11(15)6-17-9/h1-2,5,16H,3-4,6H2,(H,12,14)(H,13,15). The third-order valence-electron chi connectivity index (χ3n) is 2.24. The highest BCUT2D eigenvalue weighted by atomic mass is 32.2. The van der Waals surface area contributed by atoms with Crippen LogP contribution in [-0.2, 0) is 9.59 Å². The number of amides is 2. The Labute approximate surface area is 109 Å². The van der Waals surface area contributed by atoms with E-state index in [-0.39, 0.29) is 11.8 Å². The number of hydrogen-bond donors (Lipinski definition) is 3. The van der Waals surface area contributed by atoms with Gasteiger partial charge in [-0.2, -0.15) is 12.6 Å². The average Bonchev–Trinajstić information content (AvgIpc) is 2.28. The lowest BCUT2D eigenvalue weighted by Gasteiger charge is -2.17. The molecule has 6 heteroatoms. The second kappa shape index (κ2) is 5.46. The predicted octanol–water partition coefficient (Wildman–Crippen LogP) is 1.99. The predicted molar refractivity (Wildman–Crippen MR) is 72.9 cm³/mol. The van der Waals surface area contributed by atoms with Gasteiger partial charge in [-0.3, -0.25) is 9.59 Å². The molecule has 0 saturated heterocycles. The van der Waals surface area contributed by atoms with Crippen molar-refractivity contribution in [2.45, 2.75) is 11.3 Å². The summed E-state index contributed by atoms with van der Waals surface area (Å²) < 4.78 is 0. The van der Waals surface area contributed by atoms with Crippen LogP contribution in [0.3, 0.4) is 0 Å². The maximum Gasteiger partial charge on any atom is 0.234 e.